The van der Waals surface area contributed by atoms with Gasteiger partial charge in [0.2, 0.25) is 0 Å². The summed E-state index contributed by atoms with van der Waals surface area (Å²) in [7, 11) is 2.64. The van der Waals surface area contributed by atoms with E-state index in [0.717, 1.165) is 0 Å². The summed E-state index contributed by atoms with van der Waals surface area (Å²) in [6, 6.07) is 6.64. The van der Waals surface area contributed by atoms with Crippen molar-refractivity contribution in [3.05, 3.63) is 34.9 Å². The van der Waals surface area contributed by atoms with E-state index in [1.54, 1.807) is 24.3 Å². The van der Waals surface area contributed by atoms with Crippen LogP contribution in [0.3, 0.4) is 0 Å². The molecule has 1 aromatic carbocycles. The Hall–Kier alpha value is -1.55. The fraction of sp³-hybridized carbons (Fsp3) is 0.200. The highest BCUT2D eigenvalue weighted by atomic mass is 35.5. The van der Waals surface area contributed by atoms with Crippen molar-refractivity contribution in [2.24, 2.45) is 5.16 Å². The number of halogens is 1. The molecule has 0 saturated carbocycles. The Morgan fingerprint density at radius 2 is 1.87 bits per heavy atom. The van der Waals surface area contributed by atoms with Gasteiger partial charge in [0.15, 0.2) is 5.71 Å². The first kappa shape index (κ1) is 11.5. The molecule has 0 atom stereocenters. The number of benzene rings is 1. The number of hydrogen-bond acceptors (Lipinski definition) is 4. The van der Waals surface area contributed by atoms with Crippen LogP contribution in [0, 0.1) is 0 Å². The topological polar surface area (TPSA) is 47.9 Å². The molecule has 0 radical (unpaired) electrons. The number of ether oxygens (including phenoxy) is 1. The SMILES string of the molecule is CO/N=C(\C(=O)OC)c1ccc(Cl)cc1. The number of hydrogen-bond donors (Lipinski definition) is 0. The van der Waals surface area contributed by atoms with Crippen molar-refractivity contribution in [1.29, 1.82) is 0 Å². The van der Waals surface area contributed by atoms with E-state index in [1.807, 2.05) is 0 Å². The highest BCUT2D eigenvalue weighted by molar-refractivity contribution is 6.43. The van der Waals surface area contributed by atoms with Gasteiger partial charge in [-0.1, -0.05) is 28.9 Å². The molecule has 0 aliphatic carbocycles. The minimum absolute atomic E-state index is 0.108. The Morgan fingerprint density at radius 3 is 2.33 bits per heavy atom. The molecule has 15 heavy (non-hydrogen) atoms. The lowest BCUT2D eigenvalue weighted by molar-refractivity contribution is -0.132. The van der Waals surface area contributed by atoms with Crippen LogP contribution in [0.5, 0.6) is 0 Å². The minimum Gasteiger partial charge on any atom is -0.464 e. The Bertz CT molecular complexity index is 373. The van der Waals surface area contributed by atoms with E-state index in [-0.39, 0.29) is 5.71 Å². The van der Waals surface area contributed by atoms with Crippen LogP contribution >= 0.6 is 11.6 Å². The molecular formula is C10H10ClNO3. The number of methoxy groups -OCH3 is 1. The van der Waals surface area contributed by atoms with Gasteiger partial charge in [0.1, 0.15) is 7.11 Å². The summed E-state index contributed by atoms with van der Waals surface area (Å²) in [4.78, 5) is 15.9. The Morgan fingerprint density at radius 1 is 1.27 bits per heavy atom. The van der Waals surface area contributed by atoms with E-state index in [0.29, 0.717) is 10.6 Å². The first-order valence-electron chi connectivity index (χ1n) is 4.14. The summed E-state index contributed by atoms with van der Waals surface area (Å²) in [6.45, 7) is 0. The molecular weight excluding hydrogens is 218 g/mol. The molecule has 1 aromatic rings. The molecule has 0 aromatic heterocycles. The molecule has 0 bridgehead atoms. The lowest BCUT2D eigenvalue weighted by Crippen LogP contribution is -2.17. The molecule has 0 heterocycles. The van der Waals surface area contributed by atoms with Gasteiger partial charge in [0.25, 0.3) is 0 Å². The van der Waals surface area contributed by atoms with Gasteiger partial charge in [0.05, 0.1) is 7.11 Å². The third kappa shape index (κ3) is 2.95. The standard InChI is InChI=1S/C10H10ClNO3/c1-14-10(13)9(12-15-2)7-3-5-8(11)6-4-7/h3-6H,1-2H3/b12-9-. The number of oxime groups is 1. The number of esters is 1. The second-order valence-corrected chi connectivity index (χ2v) is 3.06. The molecule has 1 rings (SSSR count). The smallest absolute Gasteiger partial charge is 0.360 e. The van der Waals surface area contributed by atoms with Crippen LogP contribution in [0.25, 0.3) is 0 Å². The summed E-state index contributed by atoms with van der Waals surface area (Å²) >= 11 is 5.72. The normalized spacial score (nSPS) is 11.0. The zero-order chi connectivity index (χ0) is 11.3. The summed E-state index contributed by atoms with van der Waals surface area (Å²) in [6.07, 6.45) is 0. The highest BCUT2D eigenvalue weighted by Gasteiger charge is 2.15. The van der Waals surface area contributed by atoms with Crippen molar-refractivity contribution in [1.82, 2.24) is 0 Å². The second-order valence-electron chi connectivity index (χ2n) is 2.62. The maximum atomic E-state index is 11.3. The molecule has 0 aliphatic rings. The molecule has 0 spiro atoms. The summed E-state index contributed by atoms with van der Waals surface area (Å²) in [5, 5.41) is 4.18. The van der Waals surface area contributed by atoms with E-state index in [1.165, 1.54) is 14.2 Å². The predicted molar refractivity (Wildman–Crippen MR) is 57.0 cm³/mol. The first-order valence-corrected chi connectivity index (χ1v) is 4.52. The highest BCUT2D eigenvalue weighted by Crippen LogP contribution is 2.11. The van der Waals surface area contributed by atoms with Crippen molar-refractivity contribution in [2.75, 3.05) is 14.2 Å². The number of nitrogens with zero attached hydrogens (tertiary/aromatic N) is 1. The van der Waals surface area contributed by atoms with Crippen molar-refractivity contribution < 1.29 is 14.4 Å². The first-order chi connectivity index (χ1) is 7.19. The molecule has 5 heteroatoms. The van der Waals surface area contributed by atoms with Gasteiger partial charge in [-0.3, -0.25) is 0 Å². The number of rotatable bonds is 3. The maximum absolute atomic E-state index is 11.3. The molecule has 80 valence electrons. The quantitative estimate of drug-likeness (QED) is 0.450. The second kappa shape index (κ2) is 5.36. The molecule has 0 fully saturated rings. The van der Waals surface area contributed by atoms with Crippen LogP contribution in [-0.4, -0.2) is 25.9 Å². The van der Waals surface area contributed by atoms with Gasteiger partial charge in [-0.05, 0) is 12.1 Å². The van der Waals surface area contributed by atoms with Crippen molar-refractivity contribution in [3.8, 4) is 0 Å². The van der Waals surface area contributed by atoms with Gasteiger partial charge in [-0.2, -0.15) is 0 Å². The fourth-order valence-corrected chi connectivity index (χ4v) is 1.13. The van der Waals surface area contributed by atoms with E-state index >= 15 is 0 Å². The van der Waals surface area contributed by atoms with E-state index in [9.17, 15) is 4.79 Å². The summed E-state index contributed by atoms with van der Waals surface area (Å²) in [5.41, 5.74) is 0.699. The largest absolute Gasteiger partial charge is 0.464 e. The Kier molecular flexibility index (Phi) is 4.12. The third-order valence-electron chi connectivity index (χ3n) is 1.68. The maximum Gasteiger partial charge on any atom is 0.360 e. The molecule has 4 nitrogen and oxygen atoms in total. The number of carbonyl (C=O) groups is 1. The number of carbonyl (C=O) groups excluding carboxylic acids is 1. The van der Waals surface area contributed by atoms with Gasteiger partial charge in [-0.15, -0.1) is 0 Å². The van der Waals surface area contributed by atoms with E-state index in [4.69, 9.17) is 11.6 Å². The molecule has 0 saturated heterocycles. The Labute approximate surface area is 92.4 Å². The monoisotopic (exact) mass is 227 g/mol. The van der Waals surface area contributed by atoms with Crippen LogP contribution in [0.4, 0.5) is 0 Å². The zero-order valence-corrected chi connectivity index (χ0v) is 9.12. The van der Waals surface area contributed by atoms with Crippen LogP contribution in [0.15, 0.2) is 29.4 Å². The lowest BCUT2D eigenvalue weighted by Gasteiger charge is -2.03. The minimum atomic E-state index is -0.556. The van der Waals surface area contributed by atoms with Gasteiger partial charge >= 0.3 is 5.97 Å². The zero-order valence-electron chi connectivity index (χ0n) is 8.36. The van der Waals surface area contributed by atoms with Gasteiger partial charge in [0, 0.05) is 10.6 Å². The van der Waals surface area contributed by atoms with Crippen LogP contribution < -0.4 is 0 Å². The van der Waals surface area contributed by atoms with Crippen LogP contribution in [0.2, 0.25) is 5.02 Å². The van der Waals surface area contributed by atoms with Gasteiger partial charge < -0.3 is 9.57 Å². The van der Waals surface area contributed by atoms with Crippen molar-refractivity contribution >= 4 is 23.3 Å². The molecule has 0 aliphatic heterocycles. The van der Waals surface area contributed by atoms with Crippen molar-refractivity contribution in [3.63, 3.8) is 0 Å². The van der Waals surface area contributed by atoms with Gasteiger partial charge in [-0.25, -0.2) is 4.79 Å². The summed E-state index contributed by atoms with van der Waals surface area (Å²) < 4.78 is 4.57. The average Bonchev–Trinajstić information content (AvgIpc) is 2.26. The van der Waals surface area contributed by atoms with Crippen LogP contribution in [0.1, 0.15) is 5.56 Å². The predicted octanol–water partition coefficient (Wildman–Crippen LogP) is 1.86. The van der Waals surface area contributed by atoms with E-state index < -0.39 is 5.97 Å². The van der Waals surface area contributed by atoms with E-state index in [2.05, 4.69) is 14.7 Å². The Balaban J connectivity index is 3.05. The molecule has 0 N–H and O–H groups in total. The lowest BCUT2D eigenvalue weighted by atomic mass is 10.1. The van der Waals surface area contributed by atoms with Crippen molar-refractivity contribution in [2.45, 2.75) is 0 Å². The molecule has 0 amide bonds. The molecule has 0 unspecified atom stereocenters. The summed E-state index contributed by atoms with van der Waals surface area (Å²) in [5.74, 6) is -0.556. The fourth-order valence-electron chi connectivity index (χ4n) is 1.00. The third-order valence-corrected chi connectivity index (χ3v) is 1.93. The average molecular weight is 228 g/mol. The van der Waals surface area contributed by atoms with Crippen LogP contribution in [-0.2, 0) is 14.4 Å².